The van der Waals surface area contributed by atoms with E-state index in [0.29, 0.717) is 11.9 Å². The first-order valence-electron chi connectivity index (χ1n) is 6.95. The minimum atomic E-state index is -0.0518. The molecule has 0 aromatic rings. The van der Waals surface area contributed by atoms with Crippen molar-refractivity contribution in [3.8, 4) is 0 Å². The van der Waals surface area contributed by atoms with Crippen molar-refractivity contribution < 1.29 is 4.79 Å². The first kappa shape index (κ1) is 12.9. The van der Waals surface area contributed by atoms with E-state index >= 15 is 0 Å². The summed E-state index contributed by atoms with van der Waals surface area (Å²) in [4.78, 5) is 14.8. The summed E-state index contributed by atoms with van der Waals surface area (Å²) in [6, 6.07) is 0.515. The van der Waals surface area contributed by atoms with Crippen molar-refractivity contribution in [2.45, 2.75) is 70.5 Å². The summed E-state index contributed by atoms with van der Waals surface area (Å²) in [5.74, 6) is 1.05. The highest BCUT2D eigenvalue weighted by Gasteiger charge is 2.44. The van der Waals surface area contributed by atoms with Crippen LogP contribution in [0.25, 0.3) is 0 Å². The van der Waals surface area contributed by atoms with Gasteiger partial charge in [0.05, 0.1) is 6.04 Å². The zero-order valence-electron chi connectivity index (χ0n) is 11.6. The van der Waals surface area contributed by atoms with Gasteiger partial charge < -0.3 is 10.2 Å². The molecule has 1 saturated heterocycles. The van der Waals surface area contributed by atoms with E-state index in [0.717, 1.165) is 12.3 Å². The molecule has 0 bridgehead atoms. The van der Waals surface area contributed by atoms with Gasteiger partial charge in [-0.2, -0.15) is 0 Å². The molecule has 1 amide bonds. The van der Waals surface area contributed by atoms with Gasteiger partial charge in [0.15, 0.2) is 0 Å². The van der Waals surface area contributed by atoms with Gasteiger partial charge in [-0.3, -0.25) is 4.79 Å². The molecular weight excluding hydrogens is 212 g/mol. The predicted octanol–water partition coefficient (Wildman–Crippen LogP) is 2.16. The van der Waals surface area contributed by atoms with Crippen LogP contribution in [-0.4, -0.2) is 35.5 Å². The fraction of sp³-hybridized carbons (Fsp3) is 0.929. The molecule has 0 spiro atoms. The second-order valence-corrected chi connectivity index (χ2v) is 6.56. The predicted molar refractivity (Wildman–Crippen MR) is 69.8 cm³/mol. The third kappa shape index (κ3) is 2.35. The van der Waals surface area contributed by atoms with Gasteiger partial charge in [-0.05, 0) is 59.4 Å². The third-order valence-corrected chi connectivity index (χ3v) is 4.38. The molecule has 17 heavy (non-hydrogen) atoms. The molecule has 0 aromatic heterocycles. The van der Waals surface area contributed by atoms with Gasteiger partial charge in [0.1, 0.15) is 0 Å². The largest absolute Gasteiger partial charge is 0.333 e. The normalized spacial score (nSPS) is 34.7. The molecule has 3 unspecified atom stereocenters. The Morgan fingerprint density at radius 1 is 1.18 bits per heavy atom. The number of carbonyl (C=O) groups is 1. The minimum Gasteiger partial charge on any atom is -0.333 e. The van der Waals surface area contributed by atoms with Crippen molar-refractivity contribution in [1.82, 2.24) is 10.2 Å². The number of likely N-dealkylation sites (tertiary alicyclic amines) is 1. The lowest BCUT2D eigenvalue weighted by atomic mass is 9.95. The van der Waals surface area contributed by atoms with Crippen LogP contribution in [0.5, 0.6) is 0 Å². The van der Waals surface area contributed by atoms with E-state index in [9.17, 15) is 4.79 Å². The lowest BCUT2D eigenvalue weighted by molar-refractivity contribution is -0.141. The van der Waals surface area contributed by atoms with Crippen LogP contribution in [-0.2, 0) is 4.79 Å². The Kier molecular flexibility index (Phi) is 3.48. The highest BCUT2D eigenvalue weighted by atomic mass is 16.2. The summed E-state index contributed by atoms with van der Waals surface area (Å²) in [6.45, 7) is 6.50. The van der Waals surface area contributed by atoms with Crippen LogP contribution >= 0.6 is 0 Å². The van der Waals surface area contributed by atoms with Crippen LogP contribution in [0.4, 0.5) is 0 Å². The summed E-state index contributed by atoms with van der Waals surface area (Å²) in [5, 5.41) is 3.19. The highest BCUT2D eigenvalue weighted by molar-refractivity contribution is 5.83. The minimum absolute atomic E-state index is 0.0276. The van der Waals surface area contributed by atoms with E-state index in [2.05, 4.69) is 31.0 Å². The van der Waals surface area contributed by atoms with Gasteiger partial charge in [0.2, 0.25) is 5.91 Å². The van der Waals surface area contributed by atoms with Crippen molar-refractivity contribution in [2.24, 2.45) is 5.92 Å². The van der Waals surface area contributed by atoms with Crippen molar-refractivity contribution in [1.29, 1.82) is 0 Å². The van der Waals surface area contributed by atoms with Gasteiger partial charge in [-0.15, -0.1) is 0 Å². The van der Waals surface area contributed by atoms with Gasteiger partial charge in [0, 0.05) is 11.6 Å². The van der Waals surface area contributed by atoms with Gasteiger partial charge in [0.25, 0.3) is 0 Å². The number of fused-ring (bicyclic) bond motifs is 1. The van der Waals surface area contributed by atoms with Crippen LogP contribution in [0, 0.1) is 5.92 Å². The molecular formula is C14H26N2O. The smallest absolute Gasteiger partial charge is 0.240 e. The van der Waals surface area contributed by atoms with Gasteiger partial charge in [-0.1, -0.05) is 6.42 Å². The molecule has 1 aliphatic heterocycles. The molecule has 1 N–H and O–H groups in total. The number of carbonyl (C=O) groups excluding carboxylic acids is 1. The first-order valence-corrected chi connectivity index (χ1v) is 6.95. The number of rotatable bonds is 1. The maximum atomic E-state index is 12.6. The second kappa shape index (κ2) is 4.60. The van der Waals surface area contributed by atoms with Gasteiger partial charge in [-0.25, -0.2) is 0 Å². The SMILES string of the molecule is CNC1CCC2CCCC2N(C(C)(C)C)C1=O. The summed E-state index contributed by atoms with van der Waals surface area (Å²) >= 11 is 0. The van der Waals surface area contributed by atoms with E-state index < -0.39 is 0 Å². The van der Waals surface area contributed by atoms with Crippen LogP contribution in [0.3, 0.4) is 0 Å². The Balaban J connectivity index is 2.30. The third-order valence-electron chi connectivity index (χ3n) is 4.38. The molecule has 2 fully saturated rings. The molecule has 0 aromatic carbocycles. The van der Waals surface area contributed by atoms with Crippen molar-refractivity contribution in [2.75, 3.05) is 7.05 Å². The van der Waals surface area contributed by atoms with Crippen molar-refractivity contribution in [3.63, 3.8) is 0 Å². The number of nitrogens with one attached hydrogen (secondary N) is 1. The Hall–Kier alpha value is -0.570. The number of hydrogen-bond donors (Lipinski definition) is 1. The first-order chi connectivity index (χ1) is 7.95. The fourth-order valence-corrected chi connectivity index (χ4v) is 3.63. The maximum Gasteiger partial charge on any atom is 0.240 e. The molecule has 1 aliphatic carbocycles. The van der Waals surface area contributed by atoms with E-state index in [1.807, 2.05) is 7.05 Å². The van der Waals surface area contributed by atoms with E-state index in [4.69, 9.17) is 0 Å². The Morgan fingerprint density at radius 2 is 1.88 bits per heavy atom. The quantitative estimate of drug-likeness (QED) is 0.759. The summed E-state index contributed by atoms with van der Waals surface area (Å²) in [5.41, 5.74) is -0.0518. The van der Waals surface area contributed by atoms with E-state index in [-0.39, 0.29) is 11.6 Å². The Labute approximate surface area is 105 Å². The standard InChI is InChI=1S/C14H26N2O/c1-14(2,3)16-12-7-5-6-10(12)8-9-11(15-4)13(16)17/h10-12,15H,5-9H2,1-4H3. The van der Waals surface area contributed by atoms with Crippen molar-refractivity contribution in [3.05, 3.63) is 0 Å². The molecule has 2 rings (SSSR count). The molecule has 3 nitrogen and oxygen atoms in total. The van der Waals surface area contributed by atoms with Crippen LogP contribution in [0.1, 0.15) is 52.9 Å². The van der Waals surface area contributed by atoms with Crippen LogP contribution in [0.2, 0.25) is 0 Å². The molecule has 0 radical (unpaired) electrons. The molecule has 1 heterocycles. The number of likely N-dealkylation sites (N-methyl/N-ethyl adjacent to an activating group) is 1. The monoisotopic (exact) mass is 238 g/mol. The summed E-state index contributed by atoms with van der Waals surface area (Å²) in [6.07, 6.45) is 6.00. The van der Waals surface area contributed by atoms with Gasteiger partial charge >= 0.3 is 0 Å². The number of hydrogen-bond acceptors (Lipinski definition) is 2. The molecule has 98 valence electrons. The van der Waals surface area contributed by atoms with Crippen LogP contribution in [0.15, 0.2) is 0 Å². The lowest BCUT2D eigenvalue weighted by Gasteiger charge is -2.42. The van der Waals surface area contributed by atoms with E-state index in [1.165, 1.54) is 25.7 Å². The molecule has 3 heteroatoms. The average Bonchev–Trinajstić information content (AvgIpc) is 2.60. The topological polar surface area (TPSA) is 32.3 Å². The van der Waals surface area contributed by atoms with Crippen molar-refractivity contribution >= 4 is 5.91 Å². The lowest BCUT2D eigenvalue weighted by Crippen LogP contribution is -2.56. The second-order valence-electron chi connectivity index (χ2n) is 6.56. The molecule has 3 atom stereocenters. The highest BCUT2D eigenvalue weighted by Crippen LogP contribution is 2.39. The number of amides is 1. The van der Waals surface area contributed by atoms with E-state index in [1.54, 1.807) is 0 Å². The Bertz CT molecular complexity index is 295. The molecule has 2 aliphatic rings. The van der Waals surface area contributed by atoms with Crippen LogP contribution < -0.4 is 5.32 Å². The fourth-order valence-electron chi connectivity index (χ4n) is 3.63. The maximum absolute atomic E-state index is 12.6. The zero-order chi connectivity index (χ0) is 12.6. The average molecular weight is 238 g/mol. The summed E-state index contributed by atoms with van der Waals surface area (Å²) in [7, 11) is 1.91. The summed E-state index contributed by atoms with van der Waals surface area (Å²) < 4.78 is 0. The zero-order valence-corrected chi connectivity index (χ0v) is 11.6. The molecule has 1 saturated carbocycles. The number of nitrogens with zero attached hydrogens (tertiary/aromatic N) is 1. The Morgan fingerprint density at radius 3 is 2.47 bits per heavy atom.